The number of hydrogen-bond acceptors (Lipinski definition) is 6. The lowest BCUT2D eigenvalue weighted by atomic mass is 10.2. The van der Waals surface area contributed by atoms with Crippen LogP contribution in [0.1, 0.15) is 23.0 Å². The number of carbonyl (C=O) groups is 1. The van der Waals surface area contributed by atoms with E-state index in [1.165, 1.54) is 11.3 Å². The van der Waals surface area contributed by atoms with Crippen molar-refractivity contribution in [1.29, 1.82) is 0 Å². The number of halogens is 1. The Labute approximate surface area is 196 Å². The first-order valence-electron chi connectivity index (χ1n) is 10.0. The zero-order valence-corrected chi connectivity index (χ0v) is 19.5. The molecule has 0 aliphatic carbocycles. The highest BCUT2D eigenvalue weighted by Crippen LogP contribution is 2.34. The summed E-state index contributed by atoms with van der Waals surface area (Å²) in [5, 5.41) is 1.41. The Hall–Kier alpha value is -3.23. The number of amides is 1. The van der Waals surface area contributed by atoms with Crippen molar-refractivity contribution in [2.24, 2.45) is 0 Å². The summed E-state index contributed by atoms with van der Waals surface area (Å²) in [6, 6.07) is 17.0. The van der Waals surface area contributed by atoms with Gasteiger partial charge in [-0.2, -0.15) is 0 Å². The Kier molecular flexibility index (Phi) is 5.63. The van der Waals surface area contributed by atoms with E-state index in [-0.39, 0.29) is 11.7 Å². The quantitative estimate of drug-likeness (QED) is 0.264. The number of aromatic nitrogens is 2. The zero-order valence-electron chi connectivity index (χ0n) is 17.1. The van der Waals surface area contributed by atoms with Crippen LogP contribution in [0.3, 0.4) is 0 Å². The Morgan fingerprint density at radius 2 is 2.09 bits per heavy atom. The van der Waals surface area contributed by atoms with E-state index in [0.717, 1.165) is 25.6 Å². The first-order valence-corrected chi connectivity index (χ1v) is 11.7. The molecule has 0 unspecified atom stereocenters. The van der Waals surface area contributed by atoms with Crippen LogP contribution in [0.5, 0.6) is 5.75 Å². The first-order chi connectivity index (χ1) is 15.6. The van der Waals surface area contributed by atoms with Crippen LogP contribution in [0.25, 0.3) is 21.2 Å². The molecule has 160 valence electrons. The van der Waals surface area contributed by atoms with Crippen molar-refractivity contribution in [2.45, 2.75) is 13.5 Å². The molecule has 3 heterocycles. The van der Waals surface area contributed by atoms with Crippen LogP contribution in [0.15, 0.2) is 75.9 Å². The third-order valence-corrected chi connectivity index (χ3v) is 6.43. The van der Waals surface area contributed by atoms with Crippen LogP contribution < -0.4 is 9.64 Å². The predicted octanol–water partition coefficient (Wildman–Crippen LogP) is 6.45. The second-order valence-corrected chi connectivity index (χ2v) is 9.00. The number of furan rings is 1. The molecule has 0 bridgehead atoms. The van der Waals surface area contributed by atoms with Crippen molar-refractivity contribution in [3.05, 3.63) is 82.8 Å². The van der Waals surface area contributed by atoms with Gasteiger partial charge in [-0.1, -0.05) is 45.5 Å². The Balaban J connectivity index is 1.58. The lowest BCUT2D eigenvalue weighted by molar-refractivity contribution is 0.0960. The minimum absolute atomic E-state index is 0.233. The van der Waals surface area contributed by atoms with E-state index in [1.807, 2.05) is 55.5 Å². The van der Waals surface area contributed by atoms with Gasteiger partial charge in [0.05, 0.1) is 23.4 Å². The Bertz CT molecular complexity index is 1410. The summed E-state index contributed by atoms with van der Waals surface area (Å²) in [5.41, 5.74) is 2.29. The number of rotatable bonds is 6. The Morgan fingerprint density at radius 3 is 2.91 bits per heavy atom. The highest BCUT2D eigenvalue weighted by atomic mass is 79.9. The van der Waals surface area contributed by atoms with Gasteiger partial charge in [-0.3, -0.25) is 14.7 Å². The number of thiazole rings is 1. The first kappa shape index (κ1) is 20.7. The smallest absolute Gasteiger partial charge is 0.296 e. The molecule has 0 N–H and O–H groups in total. The third-order valence-electron chi connectivity index (χ3n) is 4.90. The SMILES string of the molecule is CCOc1cccc2cc(C(=O)N(Cc3cccnc3)c3nc4ccc(Br)cc4s3)oc12. The van der Waals surface area contributed by atoms with Gasteiger partial charge in [-0.25, -0.2) is 4.98 Å². The maximum absolute atomic E-state index is 13.7. The minimum atomic E-state index is -0.273. The summed E-state index contributed by atoms with van der Waals surface area (Å²) in [4.78, 5) is 24.2. The van der Waals surface area contributed by atoms with Gasteiger partial charge in [-0.15, -0.1) is 0 Å². The molecule has 1 amide bonds. The van der Waals surface area contributed by atoms with Crippen LogP contribution >= 0.6 is 27.3 Å². The normalized spacial score (nSPS) is 11.2. The van der Waals surface area contributed by atoms with Gasteiger partial charge in [0.25, 0.3) is 5.91 Å². The molecule has 32 heavy (non-hydrogen) atoms. The second kappa shape index (κ2) is 8.72. The maximum atomic E-state index is 13.7. The molecule has 2 aromatic carbocycles. The molecule has 5 rings (SSSR count). The topological polar surface area (TPSA) is 68.5 Å². The maximum Gasteiger partial charge on any atom is 0.296 e. The molecule has 0 saturated heterocycles. The molecule has 0 aliphatic heterocycles. The van der Waals surface area contributed by atoms with Crippen molar-refractivity contribution in [3.8, 4) is 5.75 Å². The molecule has 6 nitrogen and oxygen atoms in total. The number of carbonyl (C=O) groups excluding carboxylic acids is 1. The molecule has 0 aliphatic rings. The number of fused-ring (bicyclic) bond motifs is 2. The average molecular weight is 508 g/mol. The average Bonchev–Trinajstić information content (AvgIpc) is 3.42. The van der Waals surface area contributed by atoms with Crippen molar-refractivity contribution < 1.29 is 13.9 Å². The van der Waals surface area contributed by atoms with Crippen LogP contribution in [-0.4, -0.2) is 22.5 Å². The fourth-order valence-corrected chi connectivity index (χ4v) is 4.96. The number of para-hydroxylation sites is 1. The van der Waals surface area contributed by atoms with E-state index in [2.05, 4.69) is 20.9 Å². The highest BCUT2D eigenvalue weighted by Gasteiger charge is 2.25. The molecular formula is C24H18BrN3O3S. The number of anilines is 1. The summed E-state index contributed by atoms with van der Waals surface area (Å²) < 4.78 is 13.6. The van der Waals surface area contributed by atoms with E-state index in [4.69, 9.17) is 14.1 Å². The molecule has 0 atom stereocenters. The summed E-state index contributed by atoms with van der Waals surface area (Å²) in [7, 11) is 0. The van der Waals surface area contributed by atoms with Gasteiger partial charge in [0, 0.05) is 22.3 Å². The van der Waals surface area contributed by atoms with Crippen LogP contribution in [0.2, 0.25) is 0 Å². The fraction of sp³-hybridized carbons (Fsp3) is 0.125. The number of pyridine rings is 1. The predicted molar refractivity (Wildman–Crippen MR) is 129 cm³/mol. The lowest BCUT2D eigenvalue weighted by Crippen LogP contribution is -2.30. The van der Waals surface area contributed by atoms with Crippen molar-refractivity contribution in [2.75, 3.05) is 11.5 Å². The molecule has 0 radical (unpaired) electrons. The van der Waals surface area contributed by atoms with Gasteiger partial charge < -0.3 is 9.15 Å². The van der Waals surface area contributed by atoms with E-state index in [9.17, 15) is 4.79 Å². The van der Waals surface area contributed by atoms with Gasteiger partial charge in [0.15, 0.2) is 22.2 Å². The number of nitrogens with zero attached hydrogens (tertiary/aromatic N) is 3. The summed E-state index contributed by atoms with van der Waals surface area (Å²) in [6.07, 6.45) is 3.45. The van der Waals surface area contributed by atoms with Crippen LogP contribution in [0, 0.1) is 0 Å². The Morgan fingerprint density at radius 1 is 1.19 bits per heavy atom. The minimum Gasteiger partial charge on any atom is -0.490 e. The van der Waals surface area contributed by atoms with E-state index < -0.39 is 0 Å². The van der Waals surface area contributed by atoms with Crippen molar-refractivity contribution >= 4 is 59.5 Å². The second-order valence-electron chi connectivity index (χ2n) is 7.08. The molecule has 5 aromatic rings. The molecule has 0 fully saturated rings. The van der Waals surface area contributed by atoms with Gasteiger partial charge in [0.2, 0.25) is 0 Å². The molecular weight excluding hydrogens is 490 g/mol. The number of ether oxygens (including phenoxy) is 1. The standard InChI is InChI=1S/C24H18BrN3O3S/c1-2-30-19-7-3-6-16-11-20(31-22(16)19)23(29)28(14-15-5-4-10-26-13-15)24-27-18-9-8-17(25)12-21(18)32-24/h3-13H,2,14H2,1H3. The third kappa shape index (κ3) is 3.99. The number of hydrogen-bond donors (Lipinski definition) is 0. The summed E-state index contributed by atoms with van der Waals surface area (Å²) in [5.74, 6) is 0.579. The molecule has 0 spiro atoms. The van der Waals surface area contributed by atoms with Gasteiger partial charge >= 0.3 is 0 Å². The highest BCUT2D eigenvalue weighted by molar-refractivity contribution is 9.10. The molecule has 0 saturated carbocycles. The van der Waals surface area contributed by atoms with Crippen LogP contribution in [-0.2, 0) is 6.54 Å². The van der Waals surface area contributed by atoms with E-state index in [0.29, 0.717) is 29.6 Å². The van der Waals surface area contributed by atoms with E-state index >= 15 is 0 Å². The van der Waals surface area contributed by atoms with Crippen molar-refractivity contribution in [1.82, 2.24) is 9.97 Å². The zero-order chi connectivity index (χ0) is 22.1. The fourth-order valence-electron chi connectivity index (χ4n) is 3.45. The van der Waals surface area contributed by atoms with E-state index in [1.54, 1.807) is 23.4 Å². The number of benzene rings is 2. The molecule has 8 heteroatoms. The lowest BCUT2D eigenvalue weighted by Gasteiger charge is -2.18. The van der Waals surface area contributed by atoms with Gasteiger partial charge in [-0.05, 0) is 48.9 Å². The van der Waals surface area contributed by atoms with Gasteiger partial charge in [0.1, 0.15) is 0 Å². The molecule has 3 aromatic heterocycles. The largest absolute Gasteiger partial charge is 0.490 e. The summed E-state index contributed by atoms with van der Waals surface area (Å²) >= 11 is 4.96. The van der Waals surface area contributed by atoms with Crippen molar-refractivity contribution in [3.63, 3.8) is 0 Å². The van der Waals surface area contributed by atoms with Crippen LogP contribution in [0.4, 0.5) is 5.13 Å². The monoisotopic (exact) mass is 507 g/mol. The summed E-state index contributed by atoms with van der Waals surface area (Å²) in [6.45, 7) is 2.75.